The van der Waals surface area contributed by atoms with E-state index in [1.165, 1.54) is 23.7 Å². The molecular weight excluding hydrogens is 228 g/mol. The van der Waals surface area contributed by atoms with E-state index in [2.05, 4.69) is 35.3 Å². The van der Waals surface area contributed by atoms with Crippen LogP contribution in [0.25, 0.3) is 0 Å². The highest BCUT2D eigenvalue weighted by Gasteiger charge is 2.23. The van der Waals surface area contributed by atoms with Crippen LogP contribution in [-0.4, -0.2) is 36.8 Å². The Morgan fingerprint density at radius 3 is 3.00 bits per heavy atom. The Kier molecular flexibility index (Phi) is 3.41. The molecule has 0 aromatic heterocycles. The van der Waals surface area contributed by atoms with Gasteiger partial charge in [-0.1, -0.05) is 19.1 Å². The van der Waals surface area contributed by atoms with E-state index in [0.717, 1.165) is 25.6 Å². The molecule has 1 aromatic carbocycles. The molecule has 1 saturated heterocycles. The second kappa shape index (κ2) is 5.01. The summed E-state index contributed by atoms with van der Waals surface area (Å²) in [6, 6.07) is 6.83. The van der Waals surface area contributed by atoms with Gasteiger partial charge in [0.2, 0.25) is 0 Å². The number of piperazine rings is 1. The van der Waals surface area contributed by atoms with Crippen molar-refractivity contribution in [1.82, 2.24) is 10.2 Å². The average molecular weight is 248 g/mol. The van der Waals surface area contributed by atoms with Crippen LogP contribution in [0.1, 0.15) is 24.0 Å². The number of thioether (sulfide) groups is 1. The smallest absolute Gasteiger partial charge is 0.0238 e. The van der Waals surface area contributed by atoms with Gasteiger partial charge in [0.25, 0.3) is 0 Å². The number of nitrogens with one attached hydrogen (secondary N) is 1. The van der Waals surface area contributed by atoms with Crippen LogP contribution in [0.4, 0.5) is 0 Å². The van der Waals surface area contributed by atoms with Crippen LogP contribution in [0.5, 0.6) is 0 Å². The molecule has 0 bridgehead atoms. The minimum absolute atomic E-state index is 0.731. The van der Waals surface area contributed by atoms with E-state index in [1.807, 2.05) is 11.8 Å². The zero-order valence-corrected chi connectivity index (χ0v) is 11.2. The fourth-order valence-electron chi connectivity index (χ4n) is 2.82. The molecule has 0 aliphatic carbocycles. The molecule has 1 unspecified atom stereocenters. The van der Waals surface area contributed by atoms with Gasteiger partial charge < -0.3 is 5.32 Å². The Balaban J connectivity index is 1.81. The quantitative estimate of drug-likeness (QED) is 0.864. The van der Waals surface area contributed by atoms with Gasteiger partial charge in [0.15, 0.2) is 0 Å². The highest BCUT2D eigenvalue weighted by atomic mass is 32.2. The summed E-state index contributed by atoms with van der Waals surface area (Å²) in [5.74, 6) is 1.99. The number of hydrogen-bond acceptors (Lipinski definition) is 3. The molecule has 1 fully saturated rings. The summed E-state index contributed by atoms with van der Waals surface area (Å²) >= 11 is 2.02. The number of rotatable bonds is 2. The van der Waals surface area contributed by atoms with Gasteiger partial charge in [-0.05, 0) is 23.1 Å². The predicted molar refractivity (Wildman–Crippen MR) is 73.7 cm³/mol. The maximum absolute atomic E-state index is 3.42. The zero-order valence-electron chi connectivity index (χ0n) is 10.4. The van der Waals surface area contributed by atoms with Crippen LogP contribution in [0, 0.1) is 0 Å². The molecule has 0 spiro atoms. The van der Waals surface area contributed by atoms with Crippen molar-refractivity contribution in [2.24, 2.45) is 0 Å². The average Bonchev–Trinajstić information content (AvgIpc) is 2.74. The fraction of sp³-hybridized carbons (Fsp3) is 0.571. The van der Waals surface area contributed by atoms with Crippen LogP contribution in [-0.2, 0) is 6.54 Å². The molecule has 1 atom stereocenters. The lowest BCUT2D eigenvalue weighted by Gasteiger charge is -2.28. The van der Waals surface area contributed by atoms with E-state index in [0.29, 0.717) is 0 Å². The summed E-state index contributed by atoms with van der Waals surface area (Å²) in [5, 5.41) is 3.42. The van der Waals surface area contributed by atoms with Crippen molar-refractivity contribution in [3.05, 3.63) is 29.3 Å². The van der Waals surface area contributed by atoms with Crippen LogP contribution in [0.2, 0.25) is 0 Å². The Morgan fingerprint density at radius 1 is 1.35 bits per heavy atom. The predicted octanol–water partition coefficient (Wildman–Crippen LogP) is 2.30. The zero-order chi connectivity index (χ0) is 11.7. The lowest BCUT2D eigenvalue weighted by atomic mass is 9.97. The standard InChI is InChI=1S/C14H20N2S/c1-11-10-17-13-4-2-3-12(14(11)13)9-16-7-5-15-6-8-16/h2-4,11,15H,5-10H2,1H3. The van der Waals surface area contributed by atoms with Crippen molar-refractivity contribution < 1.29 is 0 Å². The first-order valence-electron chi connectivity index (χ1n) is 6.52. The first-order chi connectivity index (χ1) is 8.34. The minimum atomic E-state index is 0.731. The molecule has 92 valence electrons. The molecule has 2 heterocycles. The van der Waals surface area contributed by atoms with E-state index in [4.69, 9.17) is 0 Å². The lowest BCUT2D eigenvalue weighted by molar-refractivity contribution is 0.232. The molecule has 2 nitrogen and oxygen atoms in total. The van der Waals surface area contributed by atoms with Gasteiger partial charge in [-0.15, -0.1) is 11.8 Å². The summed E-state index contributed by atoms with van der Waals surface area (Å²) in [6.45, 7) is 8.14. The van der Waals surface area contributed by atoms with E-state index in [-0.39, 0.29) is 0 Å². The number of nitrogens with zero attached hydrogens (tertiary/aromatic N) is 1. The molecule has 3 rings (SSSR count). The summed E-state index contributed by atoms with van der Waals surface area (Å²) in [6.07, 6.45) is 0. The number of hydrogen-bond donors (Lipinski definition) is 1. The minimum Gasteiger partial charge on any atom is -0.314 e. The normalized spacial score (nSPS) is 24.9. The van der Waals surface area contributed by atoms with Gasteiger partial charge >= 0.3 is 0 Å². The van der Waals surface area contributed by atoms with Gasteiger partial charge in [-0.3, -0.25) is 4.90 Å². The van der Waals surface area contributed by atoms with Crippen molar-refractivity contribution in [1.29, 1.82) is 0 Å². The molecular formula is C14H20N2S. The fourth-order valence-corrected chi connectivity index (χ4v) is 4.08. The molecule has 2 aliphatic rings. The largest absolute Gasteiger partial charge is 0.314 e. The number of benzene rings is 1. The van der Waals surface area contributed by atoms with Gasteiger partial charge in [0, 0.05) is 43.4 Å². The van der Waals surface area contributed by atoms with Crippen LogP contribution < -0.4 is 5.32 Å². The third-order valence-corrected chi connectivity index (χ3v) is 5.08. The van der Waals surface area contributed by atoms with E-state index in [9.17, 15) is 0 Å². The van der Waals surface area contributed by atoms with Crippen molar-refractivity contribution in [2.75, 3.05) is 31.9 Å². The summed E-state index contributed by atoms with van der Waals surface area (Å²) in [5.41, 5.74) is 3.18. The summed E-state index contributed by atoms with van der Waals surface area (Å²) < 4.78 is 0. The van der Waals surface area contributed by atoms with E-state index < -0.39 is 0 Å². The maximum Gasteiger partial charge on any atom is 0.0238 e. The first-order valence-corrected chi connectivity index (χ1v) is 7.51. The Labute approximate surface area is 108 Å². The first kappa shape index (κ1) is 11.6. The van der Waals surface area contributed by atoms with Crippen molar-refractivity contribution in [3.63, 3.8) is 0 Å². The Morgan fingerprint density at radius 2 is 2.18 bits per heavy atom. The maximum atomic E-state index is 3.42. The van der Waals surface area contributed by atoms with Crippen molar-refractivity contribution >= 4 is 11.8 Å². The van der Waals surface area contributed by atoms with Crippen LogP contribution in [0.15, 0.2) is 23.1 Å². The molecule has 0 amide bonds. The topological polar surface area (TPSA) is 15.3 Å². The second-order valence-corrected chi connectivity index (χ2v) is 6.13. The lowest BCUT2D eigenvalue weighted by Crippen LogP contribution is -2.43. The Hall–Kier alpha value is -0.510. The molecule has 0 saturated carbocycles. The molecule has 17 heavy (non-hydrogen) atoms. The third kappa shape index (κ3) is 2.37. The summed E-state index contributed by atoms with van der Waals surface area (Å²) in [7, 11) is 0. The van der Waals surface area contributed by atoms with Gasteiger partial charge in [-0.2, -0.15) is 0 Å². The molecule has 3 heteroatoms. The van der Waals surface area contributed by atoms with Gasteiger partial charge in [-0.25, -0.2) is 0 Å². The molecule has 1 aromatic rings. The molecule has 2 aliphatic heterocycles. The highest BCUT2D eigenvalue weighted by Crippen LogP contribution is 2.41. The monoisotopic (exact) mass is 248 g/mol. The molecule has 0 radical (unpaired) electrons. The van der Waals surface area contributed by atoms with E-state index in [1.54, 1.807) is 11.1 Å². The number of fused-ring (bicyclic) bond motifs is 1. The van der Waals surface area contributed by atoms with Crippen LogP contribution >= 0.6 is 11.8 Å². The third-order valence-electron chi connectivity index (χ3n) is 3.74. The van der Waals surface area contributed by atoms with Crippen molar-refractivity contribution in [3.8, 4) is 0 Å². The van der Waals surface area contributed by atoms with Crippen molar-refractivity contribution in [2.45, 2.75) is 24.3 Å². The SMILES string of the molecule is CC1CSc2cccc(CN3CCNCC3)c21. The van der Waals surface area contributed by atoms with E-state index >= 15 is 0 Å². The highest BCUT2D eigenvalue weighted by molar-refractivity contribution is 7.99. The Bertz CT molecular complexity index is 399. The molecule has 1 N–H and O–H groups in total. The second-order valence-electron chi connectivity index (χ2n) is 5.07. The summed E-state index contributed by atoms with van der Waals surface area (Å²) in [4.78, 5) is 4.09. The van der Waals surface area contributed by atoms with Gasteiger partial charge in [0.1, 0.15) is 0 Å². The van der Waals surface area contributed by atoms with Gasteiger partial charge in [0.05, 0.1) is 0 Å². The van der Waals surface area contributed by atoms with Crippen LogP contribution in [0.3, 0.4) is 0 Å².